The number of hydrogen-bond acceptors (Lipinski definition) is 8. The van der Waals surface area contributed by atoms with Gasteiger partial charge in [0.25, 0.3) is 11.8 Å². The van der Waals surface area contributed by atoms with E-state index in [1.165, 1.54) is 35.8 Å². The van der Waals surface area contributed by atoms with Gasteiger partial charge in [-0.3, -0.25) is 9.59 Å². The summed E-state index contributed by atoms with van der Waals surface area (Å²) in [4.78, 5) is 51.0. The average molecular weight is 505 g/mol. The number of methoxy groups -OCH3 is 2. The van der Waals surface area contributed by atoms with Gasteiger partial charge in [-0.05, 0) is 52.0 Å². The van der Waals surface area contributed by atoms with Crippen LogP contribution >= 0.6 is 21.6 Å². The highest BCUT2D eigenvalue weighted by Gasteiger charge is 2.32. The van der Waals surface area contributed by atoms with Gasteiger partial charge in [0, 0.05) is 9.79 Å². The number of hydrogen-bond donors (Lipinski definition) is 2. The smallest absolute Gasteiger partial charge is 0.330 e. The summed E-state index contributed by atoms with van der Waals surface area (Å²) in [6.07, 6.45) is 0. The number of esters is 2. The summed E-state index contributed by atoms with van der Waals surface area (Å²) in [5.41, 5.74) is -1.64. The lowest BCUT2D eigenvalue weighted by Gasteiger charge is -2.24. The third-order valence-corrected chi connectivity index (χ3v) is 7.21. The lowest BCUT2D eigenvalue weighted by molar-refractivity contribution is -0.147. The molecule has 0 heterocycles. The van der Waals surface area contributed by atoms with Gasteiger partial charge in [-0.15, -0.1) is 0 Å². The Morgan fingerprint density at radius 1 is 0.647 bits per heavy atom. The highest BCUT2D eigenvalue weighted by Crippen LogP contribution is 2.40. The Morgan fingerprint density at radius 2 is 0.971 bits per heavy atom. The highest BCUT2D eigenvalue weighted by atomic mass is 33.1. The molecule has 2 aromatic carbocycles. The molecule has 0 spiro atoms. The minimum Gasteiger partial charge on any atom is -0.467 e. The molecular formula is C24H28N2O6S2. The van der Waals surface area contributed by atoms with E-state index in [0.29, 0.717) is 20.9 Å². The van der Waals surface area contributed by atoms with E-state index in [2.05, 4.69) is 10.6 Å². The molecule has 0 saturated carbocycles. The Balaban J connectivity index is 2.22. The Kier molecular flexibility index (Phi) is 9.17. The van der Waals surface area contributed by atoms with Crippen LogP contribution in [-0.4, -0.2) is 49.1 Å². The zero-order chi connectivity index (χ0) is 25.5. The van der Waals surface area contributed by atoms with Crippen LogP contribution in [0.15, 0.2) is 58.3 Å². The Morgan fingerprint density at radius 3 is 1.29 bits per heavy atom. The van der Waals surface area contributed by atoms with Crippen LogP contribution in [0.3, 0.4) is 0 Å². The molecule has 0 aliphatic carbocycles. The highest BCUT2D eigenvalue weighted by molar-refractivity contribution is 8.76. The monoisotopic (exact) mass is 504 g/mol. The molecule has 2 amide bonds. The van der Waals surface area contributed by atoms with Gasteiger partial charge in [0.15, 0.2) is 0 Å². The van der Waals surface area contributed by atoms with Crippen molar-refractivity contribution < 1.29 is 28.7 Å². The lowest BCUT2D eigenvalue weighted by atomic mass is 10.1. The predicted molar refractivity (Wildman–Crippen MR) is 132 cm³/mol. The molecule has 0 unspecified atom stereocenters. The maximum Gasteiger partial charge on any atom is 0.330 e. The molecule has 182 valence electrons. The third kappa shape index (κ3) is 6.77. The minimum atomic E-state index is -1.20. The van der Waals surface area contributed by atoms with Gasteiger partial charge < -0.3 is 20.1 Å². The number of ether oxygens (including phenoxy) is 2. The quantitative estimate of drug-likeness (QED) is 0.391. The van der Waals surface area contributed by atoms with Crippen molar-refractivity contribution in [1.82, 2.24) is 10.6 Å². The number of carbonyl (C=O) groups excluding carboxylic acids is 4. The standard InChI is InChI=1S/C24H28N2O6S2/c1-23(2,21(29)31-5)25-19(27)15-11-7-9-13-17(15)33-34-18-14-10-8-12-16(18)20(28)26-24(3,4)22(30)32-6/h7-14H,1-6H3,(H,25,27)(H,26,28). The van der Waals surface area contributed by atoms with E-state index in [9.17, 15) is 19.2 Å². The molecule has 0 aromatic heterocycles. The van der Waals surface area contributed by atoms with E-state index in [0.717, 1.165) is 0 Å². The van der Waals surface area contributed by atoms with Gasteiger partial charge >= 0.3 is 11.9 Å². The Labute approximate surface area is 206 Å². The minimum absolute atomic E-state index is 0.380. The van der Waals surface area contributed by atoms with E-state index in [1.807, 2.05) is 0 Å². The number of benzene rings is 2. The van der Waals surface area contributed by atoms with E-state index in [1.54, 1.807) is 76.2 Å². The van der Waals surface area contributed by atoms with E-state index < -0.39 is 34.8 Å². The molecule has 0 radical (unpaired) electrons. The van der Waals surface area contributed by atoms with Crippen LogP contribution < -0.4 is 10.6 Å². The third-order valence-electron chi connectivity index (χ3n) is 4.73. The zero-order valence-electron chi connectivity index (χ0n) is 19.9. The van der Waals surface area contributed by atoms with Gasteiger partial charge in [-0.2, -0.15) is 0 Å². The van der Waals surface area contributed by atoms with Crippen LogP contribution in [0.5, 0.6) is 0 Å². The van der Waals surface area contributed by atoms with Crippen molar-refractivity contribution in [3.8, 4) is 0 Å². The summed E-state index contributed by atoms with van der Waals surface area (Å²) in [6, 6.07) is 13.9. The van der Waals surface area contributed by atoms with Crippen molar-refractivity contribution in [1.29, 1.82) is 0 Å². The fourth-order valence-electron chi connectivity index (χ4n) is 2.86. The SMILES string of the molecule is COC(=O)C(C)(C)NC(=O)c1ccccc1SSc1ccccc1C(=O)NC(C)(C)C(=O)OC. The molecule has 10 heteroatoms. The lowest BCUT2D eigenvalue weighted by Crippen LogP contribution is -2.50. The number of amides is 2. The topological polar surface area (TPSA) is 111 Å². The predicted octanol–water partition coefficient (Wildman–Crippen LogP) is 3.85. The van der Waals surface area contributed by atoms with E-state index in [4.69, 9.17) is 9.47 Å². The molecule has 0 fully saturated rings. The van der Waals surface area contributed by atoms with Crippen LogP contribution in [0.4, 0.5) is 0 Å². The number of rotatable bonds is 9. The molecule has 0 bridgehead atoms. The van der Waals surface area contributed by atoms with Gasteiger partial charge in [-0.1, -0.05) is 45.9 Å². The van der Waals surface area contributed by atoms with Crippen molar-refractivity contribution in [2.75, 3.05) is 14.2 Å². The maximum atomic E-state index is 12.9. The van der Waals surface area contributed by atoms with Crippen molar-refractivity contribution in [2.45, 2.75) is 48.6 Å². The summed E-state index contributed by atoms with van der Waals surface area (Å²) >= 11 is 0. The summed E-state index contributed by atoms with van der Waals surface area (Å²) in [7, 11) is 5.12. The van der Waals surface area contributed by atoms with Crippen molar-refractivity contribution in [3.63, 3.8) is 0 Å². The summed E-state index contributed by atoms with van der Waals surface area (Å²) in [5, 5.41) is 5.38. The van der Waals surface area contributed by atoms with Crippen LogP contribution in [-0.2, 0) is 19.1 Å². The Bertz CT molecular complexity index is 999. The molecule has 2 aromatic rings. The first-order valence-electron chi connectivity index (χ1n) is 10.3. The molecular weight excluding hydrogens is 476 g/mol. The van der Waals surface area contributed by atoms with Crippen LogP contribution in [0, 0.1) is 0 Å². The molecule has 0 saturated heterocycles. The fourth-order valence-corrected chi connectivity index (χ4v) is 5.22. The zero-order valence-corrected chi connectivity index (χ0v) is 21.5. The largest absolute Gasteiger partial charge is 0.467 e. The van der Waals surface area contributed by atoms with Gasteiger partial charge in [0.2, 0.25) is 0 Å². The second kappa shape index (κ2) is 11.4. The van der Waals surface area contributed by atoms with Gasteiger partial charge in [0.1, 0.15) is 11.1 Å². The first kappa shape index (κ1) is 27.3. The van der Waals surface area contributed by atoms with Gasteiger partial charge in [0.05, 0.1) is 25.3 Å². The van der Waals surface area contributed by atoms with Crippen LogP contribution in [0.25, 0.3) is 0 Å². The molecule has 2 rings (SSSR count). The molecule has 0 atom stereocenters. The number of nitrogens with one attached hydrogen (secondary N) is 2. The normalized spacial score (nSPS) is 11.4. The fraction of sp³-hybridized carbons (Fsp3) is 0.333. The van der Waals surface area contributed by atoms with Gasteiger partial charge in [-0.25, -0.2) is 9.59 Å². The van der Waals surface area contributed by atoms with Crippen LogP contribution in [0.2, 0.25) is 0 Å². The van der Waals surface area contributed by atoms with E-state index >= 15 is 0 Å². The maximum absolute atomic E-state index is 12.9. The van der Waals surface area contributed by atoms with Crippen molar-refractivity contribution in [2.24, 2.45) is 0 Å². The first-order valence-corrected chi connectivity index (χ1v) is 12.4. The summed E-state index contributed by atoms with van der Waals surface area (Å²) < 4.78 is 9.50. The number of carbonyl (C=O) groups is 4. The Hall–Kier alpha value is -2.98. The second-order valence-electron chi connectivity index (χ2n) is 8.30. The molecule has 2 N–H and O–H groups in total. The second-order valence-corrected chi connectivity index (χ2v) is 10.5. The summed E-state index contributed by atoms with van der Waals surface area (Å²) in [5.74, 6) is -1.97. The molecule has 0 aliphatic rings. The van der Waals surface area contributed by atoms with E-state index in [-0.39, 0.29) is 0 Å². The summed E-state index contributed by atoms with van der Waals surface area (Å²) in [6.45, 7) is 6.25. The molecule has 0 aliphatic heterocycles. The van der Waals surface area contributed by atoms with Crippen molar-refractivity contribution in [3.05, 3.63) is 59.7 Å². The molecule has 34 heavy (non-hydrogen) atoms. The van der Waals surface area contributed by atoms with Crippen molar-refractivity contribution >= 4 is 45.3 Å². The molecule has 8 nitrogen and oxygen atoms in total. The average Bonchev–Trinajstić information content (AvgIpc) is 2.81. The first-order chi connectivity index (χ1) is 15.9. The van der Waals surface area contributed by atoms with Crippen LogP contribution in [0.1, 0.15) is 48.4 Å².